The molecule has 1 heterocycles. The summed E-state index contributed by atoms with van der Waals surface area (Å²) in [5.74, 6) is 0.783. The summed E-state index contributed by atoms with van der Waals surface area (Å²) in [6, 6.07) is 2.23. The van der Waals surface area contributed by atoms with E-state index in [1.54, 1.807) is 6.20 Å². The average molecular weight is 195 g/mol. The first-order chi connectivity index (χ1) is 6.76. The molecule has 0 aliphatic rings. The summed E-state index contributed by atoms with van der Waals surface area (Å²) >= 11 is 0. The van der Waals surface area contributed by atoms with Crippen LogP contribution < -0.4 is 5.32 Å². The molecule has 1 atom stereocenters. The minimum atomic E-state index is 0.199. The highest BCUT2D eigenvalue weighted by atomic mass is 16.3. The lowest BCUT2D eigenvalue weighted by Gasteiger charge is -2.15. The molecule has 0 amide bonds. The van der Waals surface area contributed by atoms with Crippen LogP contribution in [0.5, 0.6) is 0 Å². The number of hydrogen-bond acceptors (Lipinski definition) is 4. The lowest BCUT2D eigenvalue weighted by Crippen LogP contribution is -2.20. The van der Waals surface area contributed by atoms with Gasteiger partial charge in [-0.25, -0.2) is 0 Å². The number of anilines is 1. The number of aryl methyl sites for hydroxylation is 1. The Morgan fingerprint density at radius 2 is 2.36 bits per heavy atom. The fourth-order valence-corrected chi connectivity index (χ4v) is 1.28. The maximum atomic E-state index is 8.82. The summed E-state index contributed by atoms with van der Waals surface area (Å²) in [5.41, 5.74) is 1.08. The quantitative estimate of drug-likeness (QED) is 0.744. The van der Waals surface area contributed by atoms with Crippen LogP contribution in [0.4, 0.5) is 5.82 Å². The Labute approximate surface area is 84.4 Å². The van der Waals surface area contributed by atoms with Crippen molar-refractivity contribution >= 4 is 5.82 Å². The molecule has 4 nitrogen and oxygen atoms in total. The van der Waals surface area contributed by atoms with Crippen LogP contribution in [0.2, 0.25) is 0 Å². The van der Waals surface area contributed by atoms with Crippen LogP contribution in [0.15, 0.2) is 12.3 Å². The van der Waals surface area contributed by atoms with E-state index < -0.39 is 0 Å². The van der Waals surface area contributed by atoms with Gasteiger partial charge < -0.3 is 10.4 Å². The summed E-state index contributed by atoms with van der Waals surface area (Å²) < 4.78 is 0. The molecule has 0 bridgehead atoms. The Kier molecular flexibility index (Phi) is 4.32. The molecule has 0 saturated heterocycles. The summed E-state index contributed by atoms with van der Waals surface area (Å²) in [6.45, 7) is 4.26. The smallest absolute Gasteiger partial charge is 0.149 e. The third-order valence-electron chi connectivity index (χ3n) is 2.11. The molecule has 1 rings (SSSR count). The summed E-state index contributed by atoms with van der Waals surface area (Å²) in [4.78, 5) is 0. The number of aliphatic hydroxyl groups is 1. The molecule has 0 aliphatic heterocycles. The Morgan fingerprint density at radius 1 is 1.57 bits per heavy atom. The van der Waals surface area contributed by atoms with Gasteiger partial charge in [0.1, 0.15) is 5.82 Å². The van der Waals surface area contributed by atoms with Crippen LogP contribution in [0.1, 0.15) is 25.3 Å². The Morgan fingerprint density at radius 3 is 2.93 bits per heavy atom. The molecule has 1 aromatic heterocycles. The minimum absolute atomic E-state index is 0.199. The third kappa shape index (κ3) is 3.30. The fourth-order valence-electron chi connectivity index (χ4n) is 1.28. The van der Waals surface area contributed by atoms with Gasteiger partial charge in [0.2, 0.25) is 0 Å². The van der Waals surface area contributed by atoms with E-state index in [1.807, 2.05) is 13.0 Å². The Bertz CT molecular complexity index is 278. The monoisotopic (exact) mass is 195 g/mol. The SMILES string of the molecule is CCC(CCO)Nc1cc(C)cnn1. The van der Waals surface area contributed by atoms with Crippen molar-refractivity contribution in [2.24, 2.45) is 0 Å². The highest BCUT2D eigenvalue weighted by Crippen LogP contribution is 2.08. The Balaban J connectivity index is 2.57. The van der Waals surface area contributed by atoms with Crippen molar-refractivity contribution < 1.29 is 5.11 Å². The first kappa shape index (κ1) is 10.9. The van der Waals surface area contributed by atoms with Crippen molar-refractivity contribution in [3.05, 3.63) is 17.8 Å². The number of rotatable bonds is 5. The second kappa shape index (κ2) is 5.54. The molecule has 0 saturated carbocycles. The largest absolute Gasteiger partial charge is 0.396 e. The third-order valence-corrected chi connectivity index (χ3v) is 2.11. The maximum Gasteiger partial charge on any atom is 0.149 e. The second-order valence-electron chi connectivity index (χ2n) is 3.38. The first-order valence-corrected chi connectivity index (χ1v) is 4.93. The molecular formula is C10H17N3O. The van der Waals surface area contributed by atoms with Crippen LogP contribution in [-0.2, 0) is 0 Å². The van der Waals surface area contributed by atoms with Crippen LogP contribution in [0.25, 0.3) is 0 Å². The van der Waals surface area contributed by atoms with Gasteiger partial charge in [-0.15, -0.1) is 5.10 Å². The van der Waals surface area contributed by atoms with Crippen LogP contribution in [0.3, 0.4) is 0 Å². The average Bonchev–Trinajstić information content (AvgIpc) is 2.17. The summed E-state index contributed by atoms with van der Waals surface area (Å²) in [6.07, 6.45) is 3.43. The standard InChI is InChI=1S/C10H17N3O/c1-3-9(4-5-14)12-10-6-8(2)7-11-13-10/h6-7,9,14H,3-5H2,1-2H3,(H,12,13). The molecule has 14 heavy (non-hydrogen) atoms. The molecule has 1 unspecified atom stereocenters. The molecule has 0 radical (unpaired) electrons. The van der Waals surface area contributed by atoms with Crippen molar-refractivity contribution in [3.63, 3.8) is 0 Å². The van der Waals surface area contributed by atoms with Crippen LogP contribution in [-0.4, -0.2) is 28.0 Å². The van der Waals surface area contributed by atoms with Gasteiger partial charge in [-0.3, -0.25) is 0 Å². The second-order valence-corrected chi connectivity index (χ2v) is 3.38. The number of aliphatic hydroxyl groups excluding tert-OH is 1. The summed E-state index contributed by atoms with van der Waals surface area (Å²) in [5, 5.41) is 19.9. The molecule has 0 aliphatic carbocycles. The number of nitrogens with one attached hydrogen (secondary N) is 1. The van der Waals surface area contributed by atoms with E-state index in [-0.39, 0.29) is 12.6 Å². The number of nitrogens with zero attached hydrogens (tertiary/aromatic N) is 2. The van der Waals surface area contributed by atoms with E-state index in [9.17, 15) is 0 Å². The molecule has 0 fully saturated rings. The van der Waals surface area contributed by atoms with E-state index in [0.717, 1.165) is 24.2 Å². The van der Waals surface area contributed by atoms with Crippen LogP contribution >= 0.6 is 0 Å². The zero-order chi connectivity index (χ0) is 10.4. The van der Waals surface area contributed by atoms with E-state index in [0.29, 0.717) is 0 Å². The van der Waals surface area contributed by atoms with E-state index in [1.165, 1.54) is 0 Å². The topological polar surface area (TPSA) is 58.0 Å². The van der Waals surface area contributed by atoms with E-state index >= 15 is 0 Å². The van der Waals surface area contributed by atoms with Crippen molar-refractivity contribution in [1.29, 1.82) is 0 Å². The van der Waals surface area contributed by atoms with Crippen molar-refractivity contribution in [1.82, 2.24) is 10.2 Å². The molecule has 78 valence electrons. The first-order valence-electron chi connectivity index (χ1n) is 4.93. The number of aromatic nitrogens is 2. The summed E-state index contributed by atoms with van der Waals surface area (Å²) in [7, 11) is 0. The van der Waals surface area contributed by atoms with E-state index in [4.69, 9.17) is 5.11 Å². The van der Waals surface area contributed by atoms with Gasteiger partial charge in [-0.2, -0.15) is 5.10 Å². The minimum Gasteiger partial charge on any atom is -0.396 e. The predicted octanol–water partition coefficient (Wildman–Crippen LogP) is 1.36. The van der Waals surface area contributed by atoms with Gasteiger partial charge in [0, 0.05) is 12.6 Å². The van der Waals surface area contributed by atoms with Gasteiger partial charge >= 0.3 is 0 Å². The van der Waals surface area contributed by atoms with Gasteiger partial charge in [-0.05, 0) is 31.4 Å². The zero-order valence-electron chi connectivity index (χ0n) is 8.70. The molecular weight excluding hydrogens is 178 g/mol. The van der Waals surface area contributed by atoms with Gasteiger partial charge in [0.05, 0.1) is 6.20 Å². The molecule has 0 spiro atoms. The Hall–Kier alpha value is -1.16. The van der Waals surface area contributed by atoms with Crippen LogP contribution in [0, 0.1) is 6.92 Å². The molecule has 4 heteroatoms. The van der Waals surface area contributed by atoms with Gasteiger partial charge in [0.25, 0.3) is 0 Å². The van der Waals surface area contributed by atoms with Crippen molar-refractivity contribution in [2.45, 2.75) is 32.7 Å². The normalized spacial score (nSPS) is 12.5. The molecule has 2 N–H and O–H groups in total. The predicted molar refractivity (Wildman–Crippen MR) is 56.2 cm³/mol. The van der Waals surface area contributed by atoms with E-state index in [2.05, 4.69) is 22.4 Å². The maximum absolute atomic E-state index is 8.82. The zero-order valence-corrected chi connectivity index (χ0v) is 8.70. The number of hydrogen-bond donors (Lipinski definition) is 2. The highest BCUT2D eigenvalue weighted by Gasteiger charge is 2.05. The lowest BCUT2D eigenvalue weighted by atomic mass is 10.1. The molecule has 0 aromatic carbocycles. The van der Waals surface area contributed by atoms with Gasteiger partial charge in [-0.1, -0.05) is 6.92 Å². The van der Waals surface area contributed by atoms with Gasteiger partial charge in [0.15, 0.2) is 0 Å². The fraction of sp³-hybridized carbons (Fsp3) is 0.600. The molecule has 1 aromatic rings. The highest BCUT2D eigenvalue weighted by molar-refractivity contribution is 5.36. The van der Waals surface area contributed by atoms with Crippen molar-refractivity contribution in [3.8, 4) is 0 Å². The lowest BCUT2D eigenvalue weighted by molar-refractivity contribution is 0.278. The van der Waals surface area contributed by atoms with Crippen molar-refractivity contribution in [2.75, 3.05) is 11.9 Å².